The van der Waals surface area contributed by atoms with Gasteiger partial charge in [0.1, 0.15) is 0 Å². The van der Waals surface area contributed by atoms with Crippen LogP contribution in [0.5, 0.6) is 0 Å². The van der Waals surface area contributed by atoms with Crippen LogP contribution in [0.1, 0.15) is 13.3 Å². The smallest absolute Gasteiger partial charge is 0.287 e. The Kier molecular flexibility index (Phi) is 5.02. The molecule has 0 radical (unpaired) electrons. The maximum Gasteiger partial charge on any atom is 0.287 e. The first-order valence-electron chi connectivity index (χ1n) is 3.14. The van der Waals surface area contributed by atoms with Gasteiger partial charge < -0.3 is 5.32 Å². The highest BCUT2D eigenvalue weighted by molar-refractivity contribution is 7.80. The minimum absolute atomic E-state index is 0.262. The Hall–Kier alpha value is -0.510. The molecule has 0 aliphatic carbocycles. The lowest BCUT2D eigenvalue weighted by Gasteiger charge is -1.98. The maximum absolute atomic E-state index is 10.6. The first kappa shape index (κ1) is 9.49. The van der Waals surface area contributed by atoms with Gasteiger partial charge in [-0.05, 0) is 0 Å². The van der Waals surface area contributed by atoms with E-state index in [-0.39, 0.29) is 12.2 Å². The van der Waals surface area contributed by atoms with Crippen LogP contribution >= 0.6 is 12.6 Å². The highest BCUT2D eigenvalue weighted by Gasteiger charge is 2.08. The Bertz CT molecular complexity index is 136. The lowest BCUT2D eigenvalue weighted by molar-refractivity contribution is -0.137. The molecule has 0 unspecified atom stereocenters. The lowest BCUT2D eigenvalue weighted by Crippen LogP contribution is -2.31. The summed E-state index contributed by atoms with van der Waals surface area (Å²) in [5.41, 5.74) is 0. The largest absolute Gasteiger partial charge is 0.349 e. The van der Waals surface area contributed by atoms with E-state index >= 15 is 0 Å². The van der Waals surface area contributed by atoms with E-state index in [2.05, 4.69) is 17.9 Å². The zero-order valence-electron chi connectivity index (χ0n) is 5.89. The minimum atomic E-state index is -0.503. The zero-order chi connectivity index (χ0) is 7.98. The average molecular weight is 161 g/mol. The molecule has 3 nitrogen and oxygen atoms in total. The molecule has 1 amide bonds. The van der Waals surface area contributed by atoms with E-state index in [4.69, 9.17) is 0 Å². The second-order valence-corrected chi connectivity index (χ2v) is 2.20. The number of carbonyl (C=O) groups is 2. The molecule has 0 aliphatic heterocycles. The van der Waals surface area contributed by atoms with E-state index < -0.39 is 5.91 Å². The van der Waals surface area contributed by atoms with Gasteiger partial charge in [-0.1, -0.05) is 6.92 Å². The summed E-state index contributed by atoms with van der Waals surface area (Å²) in [4.78, 5) is 21.2. The highest BCUT2D eigenvalue weighted by Crippen LogP contribution is 1.80. The average Bonchev–Trinajstić information content (AvgIpc) is 1.98. The van der Waals surface area contributed by atoms with E-state index in [0.29, 0.717) is 12.3 Å². The molecule has 0 fully saturated rings. The number of rotatable bonds is 4. The molecular formula is C6H11NO2S. The van der Waals surface area contributed by atoms with Crippen molar-refractivity contribution in [2.45, 2.75) is 13.3 Å². The van der Waals surface area contributed by atoms with Gasteiger partial charge in [0.05, 0.1) is 0 Å². The van der Waals surface area contributed by atoms with Crippen molar-refractivity contribution in [3.8, 4) is 0 Å². The summed E-state index contributed by atoms with van der Waals surface area (Å²) in [6.45, 7) is 2.11. The van der Waals surface area contributed by atoms with Crippen molar-refractivity contribution in [2.24, 2.45) is 0 Å². The Labute approximate surface area is 65.6 Å². The van der Waals surface area contributed by atoms with Crippen LogP contribution in [-0.2, 0) is 9.59 Å². The van der Waals surface area contributed by atoms with Gasteiger partial charge in [0, 0.05) is 18.7 Å². The summed E-state index contributed by atoms with van der Waals surface area (Å²) in [5.74, 6) is -0.318. The van der Waals surface area contributed by atoms with Crippen molar-refractivity contribution in [3.05, 3.63) is 0 Å². The van der Waals surface area contributed by atoms with Crippen molar-refractivity contribution in [3.63, 3.8) is 0 Å². The molecule has 4 heteroatoms. The fraction of sp³-hybridized carbons (Fsp3) is 0.667. The first-order valence-corrected chi connectivity index (χ1v) is 3.77. The normalized spacial score (nSPS) is 9.00. The van der Waals surface area contributed by atoms with E-state index in [0.717, 1.165) is 0 Å². The van der Waals surface area contributed by atoms with Gasteiger partial charge in [0.15, 0.2) is 0 Å². The van der Waals surface area contributed by atoms with Gasteiger partial charge in [-0.2, -0.15) is 12.6 Å². The third-order valence-corrected chi connectivity index (χ3v) is 1.20. The number of carbonyl (C=O) groups excluding carboxylic acids is 2. The SMILES string of the molecule is CCC(=O)C(=O)NCCS. The van der Waals surface area contributed by atoms with Gasteiger partial charge >= 0.3 is 0 Å². The molecular weight excluding hydrogens is 150 g/mol. The number of hydrogen-bond donors (Lipinski definition) is 2. The topological polar surface area (TPSA) is 46.2 Å². The molecule has 0 rings (SSSR count). The Morgan fingerprint density at radius 1 is 1.50 bits per heavy atom. The number of ketones is 1. The molecule has 0 aromatic carbocycles. The van der Waals surface area contributed by atoms with Crippen LogP contribution in [0.3, 0.4) is 0 Å². The molecule has 0 bridgehead atoms. The third kappa shape index (κ3) is 3.50. The Morgan fingerprint density at radius 2 is 2.10 bits per heavy atom. The van der Waals surface area contributed by atoms with E-state index in [1.54, 1.807) is 6.92 Å². The quantitative estimate of drug-likeness (QED) is 0.451. The van der Waals surface area contributed by atoms with Crippen LogP contribution in [0.15, 0.2) is 0 Å². The minimum Gasteiger partial charge on any atom is -0.349 e. The van der Waals surface area contributed by atoms with Crippen molar-refractivity contribution < 1.29 is 9.59 Å². The second-order valence-electron chi connectivity index (χ2n) is 1.76. The summed E-state index contributed by atoms with van der Waals surface area (Å²) in [7, 11) is 0. The van der Waals surface area contributed by atoms with E-state index in [1.165, 1.54) is 0 Å². The molecule has 1 N–H and O–H groups in total. The summed E-state index contributed by atoms with van der Waals surface area (Å²) >= 11 is 3.87. The predicted octanol–water partition coefficient (Wildman–Crippen LogP) is 0.0115. The van der Waals surface area contributed by atoms with E-state index in [1.807, 2.05) is 0 Å². The third-order valence-electron chi connectivity index (χ3n) is 0.972. The molecule has 0 aromatic heterocycles. The molecule has 58 valence electrons. The van der Waals surface area contributed by atoms with Crippen LogP contribution in [0.25, 0.3) is 0 Å². The van der Waals surface area contributed by atoms with Crippen LogP contribution in [-0.4, -0.2) is 24.0 Å². The van der Waals surface area contributed by atoms with Gasteiger partial charge in [0.2, 0.25) is 5.78 Å². The standard InChI is InChI=1S/C6H11NO2S/c1-2-5(8)6(9)7-3-4-10/h10H,2-4H2,1H3,(H,7,9). The Morgan fingerprint density at radius 3 is 2.50 bits per heavy atom. The number of hydrogen-bond acceptors (Lipinski definition) is 3. The van der Waals surface area contributed by atoms with Gasteiger partial charge in [0.25, 0.3) is 5.91 Å². The zero-order valence-corrected chi connectivity index (χ0v) is 6.78. The Balaban J connectivity index is 3.52. The van der Waals surface area contributed by atoms with Crippen molar-refractivity contribution in [1.82, 2.24) is 5.32 Å². The number of Topliss-reactive ketones (excluding diaryl/α,β-unsaturated/α-hetero) is 1. The van der Waals surface area contributed by atoms with Crippen molar-refractivity contribution in [1.29, 1.82) is 0 Å². The summed E-state index contributed by atoms with van der Waals surface area (Å²) in [5, 5.41) is 2.42. The van der Waals surface area contributed by atoms with Crippen LogP contribution in [0.4, 0.5) is 0 Å². The van der Waals surface area contributed by atoms with E-state index in [9.17, 15) is 9.59 Å². The summed E-state index contributed by atoms with van der Waals surface area (Å²) in [6.07, 6.45) is 0.262. The molecule has 0 aliphatic rings. The van der Waals surface area contributed by atoms with Crippen LogP contribution in [0.2, 0.25) is 0 Å². The van der Waals surface area contributed by atoms with Crippen molar-refractivity contribution >= 4 is 24.3 Å². The monoisotopic (exact) mass is 161 g/mol. The molecule has 0 atom stereocenters. The van der Waals surface area contributed by atoms with Crippen LogP contribution in [0, 0.1) is 0 Å². The second kappa shape index (κ2) is 5.29. The molecule has 0 saturated heterocycles. The fourth-order valence-corrected chi connectivity index (χ4v) is 0.540. The molecule has 0 aromatic rings. The summed E-state index contributed by atoms with van der Waals surface area (Å²) in [6, 6.07) is 0. The maximum atomic E-state index is 10.6. The van der Waals surface area contributed by atoms with Crippen molar-refractivity contribution in [2.75, 3.05) is 12.3 Å². The highest BCUT2D eigenvalue weighted by atomic mass is 32.1. The summed E-state index contributed by atoms with van der Waals surface area (Å²) < 4.78 is 0. The van der Waals surface area contributed by atoms with Gasteiger partial charge in [-0.25, -0.2) is 0 Å². The molecule has 0 spiro atoms. The fourth-order valence-electron chi connectivity index (χ4n) is 0.429. The first-order chi connectivity index (χ1) is 4.72. The molecule has 0 saturated carbocycles. The number of nitrogens with one attached hydrogen (secondary N) is 1. The predicted molar refractivity (Wildman–Crippen MR) is 42.2 cm³/mol. The molecule has 10 heavy (non-hydrogen) atoms. The van der Waals surface area contributed by atoms with Gasteiger partial charge in [-0.3, -0.25) is 9.59 Å². The van der Waals surface area contributed by atoms with Gasteiger partial charge in [-0.15, -0.1) is 0 Å². The number of amides is 1. The number of thiol groups is 1. The van der Waals surface area contributed by atoms with Crippen LogP contribution < -0.4 is 5.32 Å². The molecule has 0 heterocycles. The lowest BCUT2D eigenvalue weighted by atomic mass is 10.3.